The number of nitrogens with zero attached hydrogens (tertiary/aromatic N) is 2. The first-order valence-electron chi connectivity index (χ1n) is 9.03. The van der Waals surface area contributed by atoms with Crippen LogP contribution in [0, 0.1) is 10.1 Å². The number of amides is 1. The van der Waals surface area contributed by atoms with Gasteiger partial charge in [0, 0.05) is 31.5 Å². The fraction of sp³-hybridized carbons (Fsp3) is 0.611. The van der Waals surface area contributed by atoms with Gasteiger partial charge in [0.05, 0.1) is 23.9 Å². The standard InChI is InChI=1S/C18H27N3O5S/c1-25-17-4-3-14(11-16(17)21(23)24)12-27-13-18(22)20-8-5-15(6-9-20)26-10-2-7-19/h3-4,11,15H,2,5-10,12-13,19H2,1H3. The number of ether oxygens (including phenoxy) is 2. The van der Waals surface area contributed by atoms with Crippen molar-refractivity contribution in [1.29, 1.82) is 0 Å². The van der Waals surface area contributed by atoms with E-state index in [2.05, 4.69) is 0 Å². The summed E-state index contributed by atoms with van der Waals surface area (Å²) in [5.74, 6) is 1.23. The van der Waals surface area contributed by atoms with Crippen LogP contribution in [0.1, 0.15) is 24.8 Å². The molecule has 0 aliphatic carbocycles. The SMILES string of the molecule is COc1ccc(CSCC(=O)N2CCC(OCCCN)CC2)cc1[N+](=O)[O-]. The fourth-order valence-electron chi connectivity index (χ4n) is 2.92. The van der Waals surface area contributed by atoms with Crippen LogP contribution in [0.2, 0.25) is 0 Å². The number of methoxy groups -OCH3 is 1. The molecule has 150 valence electrons. The van der Waals surface area contributed by atoms with Crippen molar-refractivity contribution in [2.24, 2.45) is 5.73 Å². The number of piperidine rings is 1. The van der Waals surface area contributed by atoms with Gasteiger partial charge in [-0.25, -0.2) is 0 Å². The Morgan fingerprint density at radius 2 is 2.15 bits per heavy atom. The number of nitrogens with two attached hydrogens (primary N) is 1. The molecule has 2 N–H and O–H groups in total. The van der Waals surface area contributed by atoms with Gasteiger partial charge < -0.3 is 20.1 Å². The fourth-order valence-corrected chi connectivity index (χ4v) is 3.80. The van der Waals surface area contributed by atoms with E-state index in [4.69, 9.17) is 15.2 Å². The highest BCUT2D eigenvalue weighted by Crippen LogP contribution is 2.29. The minimum absolute atomic E-state index is 0.0568. The molecule has 1 amide bonds. The third-order valence-electron chi connectivity index (χ3n) is 4.43. The van der Waals surface area contributed by atoms with E-state index in [0.717, 1.165) is 24.8 Å². The van der Waals surface area contributed by atoms with Gasteiger partial charge in [-0.2, -0.15) is 0 Å². The Kier molecular flexibility index (Phi) is 8.83. The molecule has 0 radical (unpaired) electrons. The highest BCUT2D eigenvalue weighted by Gasteiger charge is 2.23. The highest BCUT2D eigenvalue weighted by molar-refractivity contribution is 7.99. The Hall–Kier alpha value is -1.84. The predicted octanol–water partition coefficient (Wildman–Crippen LogP) is 2.19. The zero-order valence-electron chi connectivity index (χ0n) is 15.6. The summed E-state index contributed by atoms with van der Waals surface area (Å²) in [5, 5.41) is 11.1. The van der Waals surface area contributed by atoms with Gasteiger partial charge in [-0.05, 0) is 37.4 Å². The maximum atomic E-state index is 12.4. The molecule has 8 nitrogen and oxygen atoms in total. The maximum Gasteiger partial charge on any atom is 0.311 e. The van der Waals surface area contributed by atoms with Crippen LogP contribution in [0.25, 0.3) is 0 Å². The quantitative estimate of drug-likeness (QED) is 0.366. The molecule has 0 bridgehead atoms. The Morgan fingerprint density at radius 3 is 2.78 bits per heavy atom. The molecule has 0 aromatic heterocycles. The number of carbonyl (C=O) groups excluding carboxylic acids is 1. The van der Waals surface area contributed by atoms with Crippen molar-refractivity contribution in [2.75, 3.05) is 39.1 Å². The monoisotopic (exact) mass is 397 g/mol. The molecular weight excluding hydrogens is 370 g/mol. The number of rotatable bonds is 10. The molecule has 1 aromatic rings. The van der Waals surface area contributed by atoms with Gasteiger partial charge in [-0.1, -0.05) is 6.07 Å². The van der Waals surface area contributed by atoms with Crippen LogP contribution in [-0.2, 0) is 15.3 Å². The number of hydrogen-bond donors (Lipinski definition) is 1. The van der Waals surface area contributed by atoms with E-state index in [1.165, 1.54) is 24.9 Å². The van der Waals surface area contributed by atoms with Crippen molar-refractivity contribution < 1.29 is 19.2 Å². The Morgan fingerprint density at radius 1 is 1.41 bits per heavy atom. The molecule has 2 rings (SSSR count). The summed E-state index contributed by atoms with van der Waals surface area (Å²) in [6.07, 6.45) is 2.78. The predicted molar refractivity (Wildman–Crippen MR) is 105 cm³/mol. The second-order valence-electron chi connectivity index (χ2n) is 6.35. The summed E-state index contributed by atoms with van der Waals surface area (Å²) in [6.45, 7) is 2.73. The first-order valence-corrected chi connectivity index (χ1v) is 10.2. The lowest BCUT2D eigenvalue weighted by atomic mass is 10.1. The number of hydrogen-bond acceptors (Lipinski definition) is 7. The minimum Gasteiger partial charge on any atom is -0.490 e. The zero-order chi connectivity index (χ0) is 19.6. The molecule has 27 heavy (non-hydrogen) atoms. The van der Waals surface area contributed by atoms with E-state index < -0.39 is 4.92 Å². The molecule has 0 spiro atoms. The summed E-state index contributed by atoms with van der Waals surface area (Å²) in [6, 6.07) is 4.87. The Labute approximate surface area is 163 Å². The molecule has 0 unspecified atom stereocenters. The number of benzene rings is 1. The van der Waals surface area contributed by atoms with Crippen molar-refractivity contribution in [2.45, 2.75) is 31.1 Å². The van der Waals surface area contributed by atoms with Gasteiger partial charge >= 0.3 is 5.69 Å². The first-order chi connectivity index (χ1) is 13.0. The van der Waals surface area contributed by atoms with Crippen molar-refractivity contribution in [3.05, 3.63) is 33.9 Å². The summed E-state index contributed by atoms with van der Waals surface area (Å²) in [7, 11) is 1.40. The number of carbonyl (C=O) groups is 1. The van der Waals surface area contributed by atoms with Crippen LogP contribution in [0.4, 0.5) is 5.69 Å². The van der Waals surface area contributed by atoms with Gasteiger partial charge in [-0.15, -0.1) is 11.8 Å². The van der Waals surface area contributed by atoms with Crippen molar-refractivity contribution >= 4 is 23.4 Å². The van der Waals surface area contributed by atoms with Crippen LogP contribution in [-0.4, -0.2) is 60.9 Å². The molecule has 9 heteroatoms. The molecule has 1 heterocycles. The van der Waals surface area contributed by atoms with E-state index in [9.17, 15) is 14.9 Å². The minimum atomic E-state index is -0.460. The normalized spacial score (nSPS) is 15.0. The average Bonchev–Trinajstić information content (AvgIpc) is 2.68. The average molecular weight is 397 g/mol. The number of nitro benzene ring substituents is 1. The van der Waals surface area contributed by atoms with E-state index >= 15 is 0 Å². The lowest BCUT2D eigenvalue weighted by Gasteiger charge is -2.32. The third kappa shape index (κ3) is 6.67. The molecule has 1 aliphatic rings. The molecule has 0 atom stereocenters. The second-order valence-corrected chi connectivity index (χ2v) is 7.33. The number of likely N-dealkylation sites (tertiary alicyclic amines) is 1. The second kappa shape index (κ2) is 11.1. The summed E-state index contributed by atoms with van der Waals surface area (Å²) in [4.78, 5) is 24.8. The Bertz CT molecular complexity index is 635. The van der Waals surface area contributed by atoms with Gasteiger partial charge in [0.15, 0.2) is 5.75 Å². The van der Waals surface area contributed by atoms with Crippen LogP contribution in [0.3, 0.4) is 0 Å². The topological polar surface area (TPSA) is 108 Å². The van der Waals surface area contributed by atoms with Gasteiger partial charge in [0.1, 0.15) is 0 Å². The first kappa shape index (κ1) is 21.5. The number of nitro groups is 1. The van der Waals surface area contributed by atoms with Crippen molar-refractivity contribution in [3.8, 4) is 5.75 Å². The van der Waals surface area contributed by atoms with E-state index in [0.29, 0.717) is 37.7 Å². The van der Waals surface area contributed by atoms with Crippen LogP contribution >= 0.6 is 11.8 Å². The van der Waals surface area contributed by atoms with Gasteiger partial charge in [-0.3, -0.25) is 14.9 Å². The molecule has 1 aromatic carbocycles. The van der Waals surface area contributed by atoms with Gasteiger partial charge in [0.25, 0.3) is 0 Å². The van der Waals surface area contributed by atoms with Crippen LogP contribution in [0.15, 0.2) is 18.2 Å². The smallest absolute Gasteiger partial charge is 0.311 e. The number of thioether (sulfide) groups is 1. The van der Waals surface area contributed by atoms with Crippen molar-refractivity contribution in [3.63, 3.8) is 0 Å². The van der Waals surface area contributed by atoms with E-state index in [1.54, 1.807) is 12.1 Å². The Balaban J connectivity index is 1.74. The van der Waals surface area contributed by atoms with E-state index in [-0.39, 0.29) is 23.4 Å². The summed E-state index contributed by atoms with van der Waals surface area (Å²) in [5.41, 5.74) is 6.20. The molecule has 1 aliphatic heterocycles. The molecule has 1 saturated heterocycles. The summed E-state index contributed by atoms with van der Waals surface area (Å²) >= 11 is 1.46. The zero-order valence-corrected chi connectivity index (χ0v) is 16.4. The molecular formula is C18H27N3O5S. The lowest BCUT2D eigenvalue weighted by molar-refractivity contribution is -0.385. The lowest BCUT2D eigenvalue weighted by Crippen LogP contribution is -2.41. The van der Waals surface area contributed by atoms with E-state index in [1.807, 2.05) is 4.90 Å². The van der Waals surface area contributed by atoms with Gasteiger partial charge in [0.2, 0.25) is 5.91 Å². The molecule has 0 saturated carbocycles. The molecule has 1 fully saturated rings. The van der Waals surface area contributed by atoms with Crippen LogP contribution in [0.5, 0.6) is 5.75 Å². The largest absolute Gasteiger partial charge is 0.490 e. The highest BCUT2D eigenvalue weighted by atomic mass is 32.2. The maximum absolute atomic E-state index is 12.4. The van der Waals surface area contributed by atoms with Crippen molar-refractivity contribution in [1.82, 2.24) is 4.90 Å². The van der Waals surface area contributed by atoms with Crippen LogP contribution < -0.4 is 10.5 Å². The summed E-state index contributed by atoms with van der Waals surface area (Å²) < 4.78 is 10.7. The third-order valence-corrected chi connectivity index (χ3v) is 5.42.